The lowest BCUT2D eigenvalue weighted by Gasteiger charge is -2.23. The summed E-state index contributed by atoms with van der Waals surface area (Å²) >= 11 is 0. The van der Waals surface area contributed by atoms with Crippen molar-refractivity contribution in [3.8, 4) is 11.5 Å². The van der Waals surface area contributed by atoms with Gasteiger partial charge < -0.3 is 20.1 Å². The highest BCUT2D eigenvalue weighted by molar-refractivity contribution is 5.83. The van der Waals surface area contributed by atoms with Crippen molar-refractivity contribution in [2.24, 2.45) is 0 Å². The molecule has 0 aliphatic carbocycles. The number of likely N-dealkylation sites (N-methyl/N-ethyl adjacent to an activating group) is 1. The predicted octanol–water partition coefficient (Wildman–Crippen LogP) is 4.03. The van der Waals surface area contributed by atoms with Crippen LogP contribution in [0.1, 0.15) is 30.0 Å². The maximum Gasteiger partial charge on any atom is 0.237 e. The fraction of sp³-hybridized carbons (Fsp3) is 0.393. The number of benzene rings is 3. The molecule has 0 aromatic heterocycles. The minimum Gasteiger partial charge on any atom is -0.496 e. The van der Waals surface area contributed by atoms with Crippen LogP contribution in [0.5, 0.6) is 11.5 Å². The van der Waals surface area contributed by atoms with E-state index in [0.717, 1.165) is 42.1 Å². The molecule has 4 rings (SSSR count). The van der Waals surface area contributed by atoms with Gasteiger partial charge in [0, 0.05) is 43.3 Å². The summed E-state index contributed by atoms with van der Waals surface area (Å²) in [6, 6.07) is 19.0. The molecule has 0 radical (unpaired) electrons. The Bertz CT molecular complexity index is 1150. The Hall–Kier alpha value is -3.09. The number of carbonyl (C=O) groups excluding carboxylic acids is 1. The van der Waals surface area contributed by atoms with Crippen molar-refractivity contribution in [1.29, 1.82) is 0 Å². The molecule has 1 saturated heterocycles. The molecule has 3 aromatic rings. The summed E-state index contributed by atoms with van der Waals surface area (Å²) in [5.41, 5.74) is 3.30. The topological polar surface area (TPSA) is 62.8 Å². The molecule has 34 heavy (non-hydrogen) atoms. The van der Waals surface area contributed by atoms with Crippen molar-refractivity contribution in [3.63, 3.8) is 0 Å². The summed E-state index contributed by atoms with van der Waals surface area (Å²) in [6.07, 6.45) is 0.775. The van der Waals surface area contributed by atoms with E-state index in [0.29, 0.717) is 13.1 Å². The molecule has 2 N–H and O–H groups in total. The lowest BCUT2D eigenvalue weighted by molar-refractivity contribution is -0.125. The van der Waals surface area contributed by atoms with Crippen LogP contribution >= 0.6 is 0 Å². The minimum absolute atomic E-state index is 0.102. The number of carbonyl (C=O) groups is 1. The Labute approximate surface area is 202 Å². The van der Waals surface area contributed by atoms with Crippen LogP contribution < -0.4 is 20.1 Å². The first-order chi connectivity index (χ1) is 16.5. The number of nitrogens with one attached hydrogen (secondary N) is 2. The standard InChI is InChI=1S/C28H35N3O3/c1-5-29-28(32)25-15-24(30-16-23-12-13-26(33-3)19(2)27(23)34-4)18-31(25)17-20-10-11-21-8-6-7-9-22(21)14-20/h6-14,24-25,30H,5,15-18H2,1-4H3,(H,29,32)/t24-,25+/m1/s1. The maximum absolute atomic E-state index is 12.9. The number of ether oxygens (including phenoxy) is 2. The summed E-state index contributed by atoms with van der Waals surface area (Å²) in [4.78, 5) is 15.2. The number of methoxy groups -OCH3 is 2. The Morgan fingerprint density at radius 2 is 1.85 bits per heavy atom. The van der Waals surface area contributed by atoms with Gasteiger partial charge in [-0.25, -0.2) is 0 Å². The first-order valence-corrected chi connectivity index (χ1v) is 12.0. The SMILES string of the molecule is CCNC(=O)[C@@H]1C[C@@H](NCc2ccc(OC)c(C)c2OC)CN1Cc1ccc2ccccc2c1. The zero-order valence-electron chi connectivity index (χ0n) is 20.6. The molecule has 0 unspecified atom stereocenters. The number of amides is 1. The minimum atomic E-state index is -0.150. The average molecular weight is 462 g/mol. The second-order valence-corrected chi connectivity index (χ2v) is 8.92. The lowest BCUT2D eigenvalue weighted by atomic mass is 10.1. The van der Waals surface area contributed by atoms with Crippen molar-refractivity contribution in [2.45, 2.75) is 45.4 Å². The normalized spacial score (nSPS) is 18.2. The van der Waals surface area contributed by atoms with E-state index in [-0.39, 0.29) is 18.0 Å². The third-order valence-electron chi connectivity index (χ3n) is 6.70. The number of fused-ring (bicyclic) bond motifs is 1. The van der Waals surface area contributed by atoms with Crippen LogP contribution in [0, 0.1) is 6.92 Å². The van der Waals surface area contributed by atoms with Crippen molar-refractivity contribution in [3.05, 3.63) is 71.3 Å². The fourth-order valence-electron chi connectivity index (χ4n) is 4.99. The molecule has 6 nitrogen and oxygen atoms in total. The Morgan fingerprint density at radius 1 is 1.06 bits per heavy atom. The molecule has 180 valence electrons. The Morgan fingerprint density at radius 3 is 2.59 bits per heavy atom. The average Bonchev–Trinajstić information content (AvgIpc) is 3.25. The largest absolute Gasteiger partial charge is 0.496 e. The molecule has 0 spiro atoms. The zero-order chi connectivity index (χ0) is 24.1. The Balaban J connectivity index is 1.48. The molecule has 0 bridgehead atoms. The number of hydrogen-bond donors (Lipinski definition) is 2. The summed E-state index contributed by atoms with van der Waals surface area (Å²) in [6.45, 7) is 6.84. The van der Waals surface area contributed by atoms with Gasteiger partial charge in [-0.1, -0.05) is 42.5 Å². The van der Waals surface area contributed by atoms with E-state index in [9.17, 15) is 4.79 Å². The van der Waals surface area contributed by atoms with Crippen LogP contribution in [-0.4, -0.2) is 50.2 Å². The van der Waals surface area contributed by atoms with E-state index >= 15 is 0 Å². The summed E-state index contributed by atoms with van der Waals surface area (Å²) in [7, 11) is 3.36. The highest BCUT2D eigenvalue weighted by Crippen LogP contribution is 2.31. The van der Waals surface area contributed by atoms with Crippen molar-refractivity contribution in [1.82, 2.24) is 15.5 Å². The van der Waals surface area contributed by atoms with Gasteiger partial charge in [0.15, 0.2) is 0 Å². The first kappa shape index (κ1) is 24.0. The van der Waals surface area contributed by atoms with Gasteiger partial charge in [-0.3, -0.25) is 9.69 Å². The molecule has 6 heteroatoms. The van der Waals surface area contributed by atoms with Crippen molar-refractivity contribution in [2.75, 3.05) is 27.3 Å². The second kappa shape index (κ2) is 10.9. The van der Waals surface area contributed by atoms with Crippen LogP contribution in [0.25, 0.3) is 10.8 Å². The fourth-order valence-corrected chi connectivity index (χ4v) is 4.99. The van der Waals surface area contributed by atoms with E-state index in [2.05, 4.69) is 58.0 Å². The van der Waals surface area contributed by atoms with Crippen molar-refractivity contribution >= 4 is 16.7 Å². The highest BCUT2D eigenvalue weighted by Gasteiger charge is 2.36. The summed E-state index contributed by atoms with van der Waals surface area (Å²) < 4.78 is 11.1. The molecule has 1 amide bonds. The quantitative estimate of drug-likeness (QED) is 0.504. The first-order valence-electron chi connectivity index (χ1n) is 12.0. The molecule has 3 aromatic carbocycles. The van der Waals surface area contributed by atoms with E-state index < -0.39 is 0 Å². The molecule has 1 fully saturated rings. The lowest BCUT2D eigenvalue weighted by Crippen LogP contribution is -2.42. The monoisotopic (exact) mass is 461 g/mol. The van der Waals surface area contributed by atoms with E-state index in [4.69, 9.17) is 9.47 Å². The third kappa shape index (κ3) is 5.18. The van der Waals surface area contributed by atoms with Gasteiger partial charge in [0.2, 0.25) is 5.91 Å². The number of nitrogens with zero attached hydrogens (tertiary/aromatic N) is 1. The Kier molecular flexibility index (Phi) is 7.70. The van der Waals surface area contributed by atoms with Gasteiger partial charge in [0.25, 0.3) is 0 Å². The maximum atomic E-state index is 12.9. The summed E-state index contributed by atoms with van der Waals surface area (Å²) in [5, 5.41) is 9.15. The van der Waals surface area contributed by atoms with Crippen LogP contribution in [0.2, 0.25) is 0 Å². The molecule has 1 heterocycles. The third-order valence-corrected chi connectivity index (χ3v) is 6.70. The van der Waals surface area contributed by atoms with Crippen LogP contribution in [-0.2, 0) is 17.9 Å². The molecule has 1 aliphatic rings. The van der Waals surface area contributed by atoms with E-state index in [1.165, 1.54) is 16.3 Å². The molecular weight excluding hydrogens is 426 g/mol. The molecule has 0 saturated carbocycles. The van der Waals surface area contributed by atoms with Gasteiger partial charge in [-0.2, -0.15) is 0 Å². The second-order valence-electron chi connectivity index (χ2n) is 8.92. The van der Waals surface area contributed by atoms with Gasteiger partial charge in [-0.05, 0) is 48.7 Å². The van der Waals surface area contributed by atoms with E-state index in [1.54, 1.807) is 14.2 Å². The van der Waals surface area contributed by atoms with E-state index in [1.807, 2.05) is 26.0 Å². The van der Waals surface area contributed by atoms with Crippen LogP contribution in [0.4, 0.5) is 0 Å². The van der Waals surface area contributed by atoms with Crippen molar-refractivity contribution < 1.29 is 14.3 Å². The predicted molar refractivity (Wildman–Crippen MR) is 136 cm³/mol. The van der Waals surface area contributed by atoms with Gasteiger partial charge in [0.1, 0.15) is 11.5 Å². The molecular formula is C28H35N3O3. The highest BCUT2D eigenvalue weighted by atomic mass is 16.5. The van der Waals surface area contributed by atoms with Gasteiger partial charge in [-0.15, -0.1) is 0 Å². The zero-order valence-corrected chi connectivity index (χ0v) is 20.6. The van der Waals surface area contributed by atoms with Crippen LogP contribution in [0.15, 0.2) is 54.6 Å². The van der Waals surface area contributed by atoms with Crippen LogP contribution in [0.3, 0.4) is 0 Å². The van der Waals surface area contributed by atoms with Gasteiger partial charge >= 0.3 is 0 Å². The van der Waals surface area contributed by atoms with Gasteiger partial charge in [0.05, 0.1) is 20.3 Å². The number of hydrogen-bond acceptors (Lipinski definition) is 5. The number of likely N-dealkylation sites (tertiary alicyclic amines) is 1. The molecule has 2 atom stereocenters. The molecule has 1 aliphatic heterocycles. The number of rotatable bonds is 9. The smallest absolute Gasteiger partial charge is 0.237 e. The summed E-state index contributed by atoms with van der Waals surface area (Å²) in [5.74, 6) is 1.77.